The van der Waals surface area contributed by atoms with Gasteiger partial charge in [0, 0.05) is 18.9 Å². The first-order valence-electron chi connectivity index (χ1n) is 6.21. The lowest BCUT2D eigenvalue weighted by molar-refractivity contribution is 0.0233. The summed E-state index contributed by atoms with van der Waals surface area (Å²) in [7, 11) is 0. The molecule has 0 radical (unpaired) electrons. The lowest BCUT2D eigenvalue weighted by Crippen LogP contribution is -2.39. The number of alkyl halides is 1. The highest BCUT2D eigenvalue weighted by Gasteiger charge is 2.22. The van der Waals surface area contributed by atoms with Crippen molar-refractivity contribution in [3.63, 3.8) is 0 Å². The van der Waals surface area contributed by atoms with Gasteiger partial charge in [-0.1, -0.05) is 0 Å². The van der Waals surface area contributed by atoms with Gasteiger partial charge in [-0.3, -0.25) is 0 Å². The Balaban J connectivity index is 4.45. The number of hydrogen-bond donors (Lipinski definition) is 0. The molecule has 0 heterocycles. The zero-order valence-corrected chi connectivity index (χ0v) is 11.8. The summed E-state index contributed by atoms with van der Waals surface area (Å²) in [5, 5.41) is 8.59. The normalized spacial score (nSPS) is 12.1. The molecule has 0 aliphatic carbocycles. The van der Waals surface area contributed by atoms with E-state index >= 15 is 0 Å². The third-order valence-electron chi connectivity index (χ3n) is 2.33. The van der Waals surface area contributed by atoms with Gasteiger partial charge in [-0.25, -0.2) is 9.18 Å². The van der Waals surface area contributed by atoms with E-state index in [0.717, 1.165) is 0 Å². The Labute approximate surface area is 114 Å². The first-order valence-corrected chi connectivity index (χ1v) is 6.21. The van der Waals surface area contributed by atoms with E-state index in [1.807, 2.05) is 6.07 Å². The van der Waals surface area contributed by atoms with E-state index in [2.05, 4.69) is 5.92 Å². The fourth-order valence-corrected chi connectivity index (χ4v) is 1.39. The fraction of sp³-hybridized carbons (Fsp3) is 0.714. The topological polar surface area (TPSA) is 53.3 Å². The van der Waals surface area contributed by atoms with Gasteiger partial charge in [0.1, 0.15) is 12.3 Å². The number of nitrogens with zero attached hydrogens (tertiary/aromatic N) is 2. The standard InChI is InChI=1S/C14H21FN2O2/c1-5-12(6-9-16)7-10-17(11-8-15)13(18)19-14(2,3)4/h1,12H,6-8,10-11H2,2-4H3. The monoisotopic (exact) mass is 268 g/mol. The molecule has 0 fully saturated rings. The zero-order chi connectivity index (χ0) is 14.9. The number of amides is 1. The van der Waals surface area contributed by atoms with Gasteiger partial charge in [-0.15, -0.1) is 12.3 Å². The number of halogens is 1. The van der Waals surface area contributed by atoms with Crippen molar-refractivity contribution in [2.45, 2.75) is 39.2 Å². The Hall–Kier alpha value is -1.75. The third kappa shape index (κ3) is 8.05. The second-order valence-electron chi connectivity index (χ2n) is 5.17. The SMILES string of the molecule is C#CC(CC#N)CCN(CCF)C(=O)OC(C)(C)C. The van der Waals surface area contributed by atoms with Gasteiger partial charge >= 0.3 is 6.09 Å². The molecule has 0 aromatic heterocycles. The van der Waals surface area contributed by atoms with E-state index in [9.17, 15) is 9.18 Å². The van der Waals surface area contributed by atoms with Gasteiger partial charge < -0.3 is 9.64 Å². The molecule has 0 saturated heterocycles. The summed E-state index contributed by atoms with van der Waals surface area (Å²) in [6.07, 6.45) is 5.42. The maximum absolute atomic E-state index is 12.4. The van der Waals surface area contributed by atoms with Gasteiger partial charge in [-0.2, -0.15) is 5.26 Å². The lowest BCUT2D eigenvalue weighted by atomic mass is 10.0. The smallest absolute Gasteiger partial charge is 0.410 e. The van der Waals surface area contributed by atoms with Crippen LogP contribution in [0.1, 0.15) is 33.6 Å². The van der Waals surface area contributed by atoms with E-state index in [-0.39, 0.29) is 25.4 Å². The predicted molar refractivity (Wildman–Crippen MR) is 71.0 cm³/mol. The molecule has 1 amide bonds. The maximum Gasteiger partial charge on any atom is 0.410 e. The predicted octanol–water partition coefficient (Wildman–Crippen LogP) is 2.75. The summed E-state index contributed by atoms with van der Waals surface area (Å²) >= 11 is 0. The highest BCUT2D eigenvalue weighted by Crippen LogP contribution is 2.12. The number of hydrogen-bond acceptors (Lipinski definition) is 3. The van der Waals surface area contributed by atoms with Crippen LogP contribution >= 0.6 is 0 Å². The molecule has 0 rings (SSSR count). The summed E-state index contributed by atoms with van der Waals surface area (Å²) in [6, 6.07) is 1.99. The van der Waals surface area contributed by atoms with Crippen LogP contribution in [0, 0.1) is 29.6 Å². The molecule has 1 unspecified atom stereocenters. The molecule has 0 bridgehead atoms. The molecule has 1 atom stereocenters. The van der Waals surface area contributed by atoms with Crippen LogP contribution in [0.25, 0.3) is 0 Å². The number of carbonyl (C=O) groups excluding carboxylic acids is 1. The first-order chi connectivity index (χ1) is 8.84. The van der Waals surface area contributed by atoms with E-state index in [1.165, 1.54) is 4.90 Å². The highest BCUT2D eigenvalue weighted by molar-refractivity contribution is 5.68. The molecular weight excluding hydrogens is 247 g/mol. The van der Waals surface area contributed by atoms with Crippen LogP contribution < -0.4 is 0 Å². The van der Waals surface area contributed by atoms with Gasteiger partial charge in [-0.05, 0) is 27.2 Å². The van der Waals surface area contributed by atoms with Crippen molar-refractivity contribution in [2.75, 3.05) is 19.8 Å². The molecule has 0 spiro atoms. The van der Waals surface area contributed by atoms with E-state index < -0.39 is 18.4 Å². The zero-order valence-electron chi connectivity index (χ0n) is 11.8. The molecule has 0 aromatic carbocycles. The van der Waals surface area contributed by atoms with E-state index in [1.54, 1.807) is 20.8 Å². The second kappa shape index (κ2) is 8.37. The fourth-order valence-electron chi connectivity index (χ4n) is 1.39. The van der Waals surface area contributed by atoms with Crippen LogP contribution in [0.2, 0.25) is 0 Å². The molecule has 5 heteroatoms. The van der Waals surface area contributed by atoms with Crippen LogP contribution in [0.5, 0.6) is 0 Å². The average Bonchev–Trinajstić information content (AvgIpc) is 2.30. The summed E-state index contributed by atoms with van der Waals surface area (Å²) < 4.78 is 17.6. The third-order valence-corrected chi connectivity index (χ3v) is 2.33. The van der Waals surface area contributed by atoms with E-state index in [4.69, 9.17) is 16.4 Å². The van der Waals surface area contributed by atoms with E-state index in [0.29, 0.717) is 6.42 Å². The summed E-state index contributed by atoms with van der Waals surface area (Å²) in [4.78, 5) is 13.1. The summed E-state index contributed by atoms with van der Waals surface area (Å²) in [6.45, 7) is 4.86. The molecule has 19 heavy (non-hydrogen) atoms. The van der Waals surface area contributed by atoms with Crippen LogP contribution in [0.15, 0.2) is 0 Å². The molecule has 0 N–H and O–H groups in total. The van der Waals surface area contributed by atoms with Crippen molar-refractivity contribution < 1.29 is 13.9 Å². The molecule has 0 aliphatic heterocycles. The van der Waals surface area contributed by atoms with Crippen LogP contribution in [-0.2, 0) is 4.74 Å². The van der Waals surface area contributed by atoms with Crippen molar-refractivity contribution in [1.82, 2.24) is 4.90 Å². The number of carbonyl (C=O) groups is 1. The molecule has 4 nitrogen and oxygen atoms in total. The van der Waals surface area contributed by atoms with Crippen molar-refractivity contribution >= 4 is 6.09 Å². The van der Waals surface area contributed by atoms with Gasteiger partial charge in [0.25, 0.3) is 0 Å². The largest absolute Gasteiger partial charge is 0.444 e. The minimum atomic E-state index is -0.641. The first kappa shape index (κ1) is 17.2. The lowest BCUT2D eigenvalue weighted by Gasteiger charge is -2.27. The van der Waals surface area contributed by atoms with Gasteiger partial charge in [0.15, 0.2) is 0 Å². The van der Waals surface area contributed by atoms with Crippen LogP contribution in [-0.4, -0.2) is 36.4 Å². The van der Waals surface area contributed by atoms with Crippen molar-refractivity contribution in [2.24, 2.45) is 5.92 Å². The number of ether oxygens (including phenoxy) is 1. The average molecular weight is 268 g/mol. The number of nitriles is 1. The van der Waals surface area contributed by atoms with Crippen molar-refractivity contribution in [1.29, 1.82) is 5.26 Å². The van der Waals surface area contributed by atoms with Gasteiger partial charge in [0.2, 0.25) is 0 Å². The Morgan fingerprint density at radius 3 is 2.53 bits per heavy atom. The summed E-state index contributed by atoms with van der Waals surface area (Å²) in [5.41, 5.74) is -0.621. The Bertz CT molecular complexity index is 363. The molecule has 106 valence electrons. The second-order valence-corrected chi connectivity index (χ2v) is 5.17. The molecular formula is C14H21FN2O2. The quantitative estimate of drug-likeness (QED) is 0.696. The Kier molecular flexibility index (Phi) is 7.60. The van der Waals surface area contributed by atoms with Crippen LogP contribution in [0.3, 0.4) is 0 Å². The maximum atomic E-state index is 12.4. The molecule has 0 saturated carbocycles. The molecule has 0 aliphatic rings. The number of rotatable bonds is 6. The number of terminal acetylenes is 1. The molecule has 0 aromatic rings. The minimum absolute atomic E-state index is 0.0290. The van der Waals surface area contributed by atoms with Gasteiger partial charge in [0.05, 0.1) is 12.6 Å². The Morgan fingerprint density at radius 1 is 1.47 bits per heavy atom. The highest BCUT2D eigenvalue weighted by atomic mass is 19.1. The van der Waals surface area contributed by atoms with Crippen molar-refractivity contribution in [3.05, 3.63) is 0 Å². The van der Waals surface area contributed by atoms with Crippen LogP contribution in [0.4, 0.5) is 9.18 Å². The summed E-state index contributed by atoms with van der Waals surface area (Å²) in [5.74, 6) is 2.27. The minimum Gasteiger partial charge on any atom is -0.444 e. The Morgan fingerprint density at radius 2 is 2.11 bits per heavy atom. The van der Waals surface area contributed by atoms with Crippen molar-refractivity contribution in [3.8, 4) is 18.4 Å².